The number of amides is 2. The van der Waals surface area contributed by atoms with E-state index >= 15 is 0 Å². The summed E-state index contributed by atoms with van der Waals surface area (Å²) in [4.78, 5) is 32.2. The first-order chi connectivity index (χ1) is 20.7. The Morgan fingerprint density at radius 2 is 1.77 bits per heavy atom. The van der Waals surface area contributed by atoms with Crippen molar-refractivity contribution in [2.24, 2.45) is 0 Å². The third-order valence-electron chi connectivity index (χ3n) is 8.60. The lowest BCUT2D eigenvalue weighted by atomic mass is 9.95. The van der Waals surface area contributed by atoms with Crippen molar-refractivity contribution in [1.82, 2.24) is 9.80 Å². The number of ether oxygens (including phenoxy) is 2. The molecule has 43 heavy (non-hydrogen) atoms. The molecule has 0 N–H and O–H groups in total. The maximum atomic E-state index is 14.1. The second-order valence-electron chi connectivity index (χ2n) is 13.3. The monoisotopic (exact) mass is 593 g/mol. The van der Waals surface area contributed by atoms with Crippen molar-refractivity contribution in [3.8, 4) is 11.5 Å². The van der Waals surface area contributed by atoms with Crippen molar-refractivity contribution >= 4 is 18.0 Å². The van der Waals surface area contributed by atoms with Gasteiger partial charge in [-0.25, -0.2) is 0 Å². The summed E-state index contributed by atoms with van der Waals surface area (Å²) in [7, 11) is 6.56. The van der Waals surface area contributed by atoms with Crippen molar-refractivity contribution in [3.63, 3.8) is 0 Å². The molecule has 1 unspecified atom stereocenters. The Kier molecular flexibility index (Phi) is 11.9. The quantitative estimate of drug-likeness (QED) is 0.135. The van der Waals surface area contributed by atoms with Crippen LogP contribution in [0.2, 0.25) is 0 Å². The number of carbonyl (C=O) groups excluding carboxylic acids is 2. The Morgan fingerprint density at radius 1 is 0.977 bits per heavy atom. The third kappa shape index (κ3) is 9.44. The highest BCUT2D eigenvalue weighted by Crippen LogP contribution is 2.39. The van der Waals surface area contributed by atoms with Crippen LogP contribution in [-0.2, 0) is 16.1 Å². The summed E-state index contributed by atoms with van der Waals surface area (Å²) >= 11 is 0. The lowest BCUT2D eigenvalue weighted by Gasteiger charge is -2.30. The van der Waals surface area contributed by atoms with E-state index in [2.05, 4.69) is 76.3 Å². The van der Waals surface area contributed by atoms with Crippen LogP contribution in [0.15, 0.2) is 42.5 Å². The molecule has 2 amide bonds. The van der Waals surface area contributed by atoms with Crippen molar-refractivity contribution in [1.29, 1.82) is 0 Å². The summed E-state index contributed by atoms with van der Waals surface area (Å²) in [5, 5.41) is 0. The van der Waals surface area contributed by atoms with E-state index < -0.39 is 0 Å². The van der Waals surface area contributed by atoms with Gasteiger partial charge in [-0.3, -0.25) is 14.5 Å². The molecule has 2 heterocycles. The maximum Gasteiger partial charge on any atom is 0.241 e. The van der Waals surface area contributed by atoms with Gasteiger partial charge in [-0.1, -0.05) is 51.3 Å². The highest BCUT2D eigenvalue weighted by molar-refractivity contribution is 5.95. The van der Waals surface area contributed by atoms with Gasteiger partial charge in [0, 0.05) is 43.5 Å². The van der Waals surface area contributed by atoms with Crippen LogP contribution in [0.3, 0.4) is 0 Å². The smallest absolute Gasteiger partial charge is 0.241 e. The minimum Gasteiger partial charge on any atom is -0.454 e. The number of anilines is 1. The van der Waals surface area contributed by atoms with E-state index in [4.69, 9.17) is 9.47 Å². The number of hydrogen-bond donors (Lipinski definition) is 0. The lowest BCUT2D eigenvalue weighted by Crippen LogP contribution is -2.43. The molecule has 2 aliphatic rings. The third-order valence-corrected chi connectivity index (χ3v) is 8.60. The van der Waals surface area contributed by atoms with Gasteiger partial charge in [0.05, 0.1) is 27.7 Å². The molecule has 0 aliphatic carbocycles. The van der Waals surface area contributed by atoms with Crippen LogP contribution in [0.1, 0.15) is 75.8 Å². The summed E-state index contributed by atoms with van der Waals surface area (Å²) in [6.07, 6.45) is 8.07. The summed E-state index contributed by atoms with van der Waals surface area (Å²) < 4.78 is 12.0. The molecule has 0 spiro atoms. The summed E-state index contributed by atoms with van der Waals surface area (Å²) in [5.74, 6) is 2.01. The van der Waals surface area contributed by atoms with Crippen molar-refractivity contribution in [2.75, 3.05) is 65.6 Å². The van der Waals surface area contributed by atoms with E-state index in [0.717, 1.165) is 92.7 Å². The molecule has 2 aliphatic heterocycles. The van der Waals surface area contributed by atoms with Crippen molar-refractivity contribution in [2.45, 2.75) is 77.3 Å². The number of hydrogen-bond acceptors (Lipinski definition) is 5. The van der Waals surface area contributed by atoms with Gasteiger partial charge >= 0.3 is 0 Å². The number of benzene rings is 2. The average Bonchev–Trinajstić information content (AvgIpc) is 3.61. The van der Waals surface area contributed by atoms with Crippen LogP contribution < -0.4 is 14.4 Å². The predicted octanol–water partition coefficient (Wildman–Crippen LogP) is 5.65. The van der Waals surface area contributed by atoms with Gasteiger partial charge in [0.2, 0.25) is 19.1 Å². The first kappa shape index (κ1) is 32.8. The second-order valence-corrected chi connectivity index (χ2v) is 13.3. The van der Waals surface area contributed by atoms with Gasteiger partial charge in [0.15, 0.2) is 11.5 Å². The van der Waals surface area contributed by atoms with Crippen LogP contribution in [0, 0.1) is 0 Å². The molecule has 236 valence electrons. The zero-order chi connectivity index (χ0) is 30.8. The summed E-state index contributed by atoms with van der Waals surface area (Å²) in [6.45, 7) is 8.90. The van der Waals surface area contributed by atoms with Gasteiger partial charge < -0.3 is 23.8 Å². The van der Waals surface area contributed by atoms with Crippen LogP contribution in [0.5, 0.6) is 11.5 Å². The van der Waals surface area contributed by atoms with Crippen molar-refractivity contribution in [3.05, 3.63) is 53.6 Å². The van der Waals surface area contributed by atoms with E-state index in [-0.39, 0.29) is 24.7 Å². The van der Waals surface area contributed by atoms with Gasteiger partial charge in [-0.2, -0.15) is 0 Å². The molecule has 4 rings (SSSR count). The number of unbranched alkanes of at least 4 members (excludes halogenated alkanes) is 3. The second kappa shape index (κ2) is 15.6. The average molecular weight is 594 g/mol. The fourth-order valence-electron chi connectivity index (χ4n) is 6.33. The van der Waals surface area contributed by atoms with E-state index in [9.17, 15) is 9.59 Å². The van der Waals surface area contributed by atoms with E-state index in [0.29, 0.717) is 19.6 Å². The summed E-state index contributed by atoms with van der Waals surface area (Å²) in [6, 6.07) is 14.9. The molecule has 0 bridgehead atoms. The summed E-state index contributed by atoms with van der Waals surface area (Å²) in [5.41, 5.74) is 3.43. The van der Waals surface area contributed by atoms with E-state index in [1.165, 1.54) is 11.1 Å². The SMILES string of the molecule is CCCCCN(C=O)CC[C@H]1CC(c2ccc3c(c2)OCO3)CN1CC(=O)N(CCCC)c1cccc(C[N+](C)(C)C)c1. The predicted molar refractivity (Wildman–Crippen MR) is 173 cm³/mol. The number of quaternary nitrogens is 1. The molecule has 2 aromatic rings. The minimum atomic E-state index is 0.141. The van der Waals surface area contributed by atoms with Gasteiger partial charge in [0.1, 0.15) is 6.54 Å². The van der Waals surface area contributed by atoms with Gasteiger partial charge in [-0.15, -0.1) is 0 Å². The first-order valence-corrected chi connectivity index (χ1v) is 16.2. The Hall–Kier alpha value is -3.10. The number of fused-ring (bicyclic) bond motifs is 1. The molecule has 8 nitrogen and oxygen atoms in total. The minimum absolute atomic E-state index is 0.141. The van der Waals surface area contributed by atoms with Crippen LogP contribution in [0.25, 0.3) is 0 Å². The topological polar surface area (TPSA) is 62.3 Å². The molecular formula is C35H53N4O4+. The van der Waals surface area contributed by atoms with Gasteiger partial charge in [0.25, 0.3) is 0 Å². The Balaban J connectivity index is 1.52. The zero-order valence-corrected chi connectivity index (χ0v) is 27.1. The highest BCUT2D eigenvalue weighted by Gasteiger charge is 2.35. The van der Waals surface area contributed by atoms with Crippen LogP contribution >= 0.6 is 0 Å². The largest absolute Gasteiger partial charge is 0.454 e. The highest BCUT2D eigenvalue weighted by atomic mass is 16.7. The van der Waals surface area contributed by atoms with Gasteiger partial charge in [-0.05, 0) is 61.4 Å². The maximum absolute atomic E-state index is 14.1. The molecule has 0 radical (unpaired) electrons. The van der Waals surface area contributed by atoms with Crippen LogP contribution in [-0.4, -0.2) is 93.3 Å². The Labute approximate surface area is 259 Å². The zero-order valence-electron chi connectivity index (χ0n) is 27.1. The van der Waals surface area contributed by atoms with Crippen molar-refractivity contribution < 1.29 is 23.5 Å². The number of nitrogens with zero attached hydrogens (tertiary/aromatic N) is 4. The molecule has 0 aromatic heterocycles. The molecular weight excluding hydrogens is 540 g/mol. The molecule has 1 fully saturated rings. The number of rotatable bonds is 17. The molecule has 0 saturated carbocycles. The molecule has 1 saturated heterocycles. The fraction of sp³-hybridized carbons (Fsp3) is 0.600. The van der Waals surface area contributed by atoms with Crippen LogP contribution in [0.4, 0.5) is 5.69 Å². The lowest BCUT2D eigenvalue weighted by molar-refractivity contribution is -0.884. The number of carbonyl (C=O) groups is 2. The first-order valence-electron chi connectivity index (χ1n) is 16.2. The normalized spacial score (nSPS) is 18.2. The van der Waals surface area contributed by atoms with E-state index in [1.54, 1.807) is 0 Å². The molecule has 2 aromatic carbocycles. The number of likely N-dealkylation sites (tertiary alicyclic amines) is 1. The Morgan fingerprint density at radius 3 is 2.51 bits per heavy atom. The molecule has 2 atom stereocenters. The van der Waals surface area contributed by atoms with E-state index in [1.807, 2.05) is 15.9 Å². The Bertz CT molecular complexity index is 1200. The fourth-order valence-corrected chi connectivity index (χ4v) is 6.33. The molecule has 8 heteroatoms. The standard InChI is InChI=1S/C35H53N4O4/c1-6-8-10-17-36(26-40)19-16-31-21-30(29-14-15-33-34(22-29)43-27-42-33)23-37(31)24-35(41)38(18-9-7-2)32-13-11-12-28(20-32)25-39(3,4)5/h11-15,20,22,26,30-31H,6-10,16-19,21,23-25,27H2,1-5H3/q+1/t30?,31-/m0/s1.